The first kappa shape index (κ1) is 17.1. The molecule has 7 heteroatoms. The zero-order valence-electron chi connectivity index (χ0n) is 13.4. The zero-order valence-corrected chi connectivity index (χ0v) is 13.4. The molecule has 0 heterocycles. The van der Waals surface area contributed by atoms with Crippen molar-refractivity contribution in [2.75, 3.05) is 12.4 Å². The molecule has 2 rings (SSSR count). The Morgan fingerprint density at radius 3 is 2.71 bits per heavy atom. The second-order valence-electron chi connectivity index (χ2n) is 5.04. The number of carbonyl (C=O) groups is 1. The monoisotopic (exact) mass is 329 g/mol. The highest BCUT2D eigenvalue weighted by Crippen LogP contribution is 2.23. The van der Waals surface area contributed by atoms with Crippen molar-refractivity contribution in [3.05, 3.63) is 48.0 Å². The van der Waals surface area contributed by atoms with Crippen molar-refractivity contribution >= 4 is 17.8 Å². The summed E-state index contributed by atoms with van der Waals surface area (Å²) in [7, 11) is 1.56. The van der Waals surface area contributed by atoms with E-state index >= 15 is 0 Å². The predicted octanol–water partition coefficient (Wildman–Crippen LogP) is 2.06. The van der Waals surface area contributed by atoms with Crippen LogP contribution in [0.4, 0.5) is 5.69 Å². The minimum Gasteiger partial charge on any atom is -0.508 e. The molecule has 24 heavy (non-hydrogen) atoms. The first-order valence-electron chi connectivity index (χ1n) is 7.25. The number of rotatable bonds is 6. The number of ether oxygens (including phenoxy) is 1. The lowest BCUT2D eigenvalue weighted by Crippen LogP contribution is -2.35. The number of benzene rings is 2. The van der Waals surface area contributed by atoms with Crippen molar-refractivity contribution in [3.63, 3.8) is 0 Å². The van der Waals surface area contributed by atoms with Crippen LogP contribution in [0, 0.1) is 0 Å². The van der Waals surface area contributed by atoms with E-state index in [1.807, 2.05) is 12.1 Å². The van der Waals surface area contributed by atoms with Gasteiger partial charge in [-0.15, -0.1) is 0 Å². The summed E-state index contributed by atoms with van der Waals surface area (Å²) in [6.07, 6.45) is 1.29. The Labute approximate surface area is 139 Å². The van der Waals surface area contributed by atoms with E-state index in [2.05, 4.69) is 15.8 Å². The van der Waals surface area contributed by atoms with E-state index in [-0.39, 0.29) is 17.4 Å². The van der Waals surface area contributed by atoms with Crippen LogP contribution in [0.2, 0.25) is 0 Å². The average Bonchev–Trinajstić information content (AvgIpc) is 2.57. The van der Waals surface area contributed by atoms with Crippen molar-refractivity contribution in [2.45, 2.75) is 13.0 Å². The molecule has 4 N–H and O–H groups in total. The standard InChI is InChI=1S/C17H19N3O4/c1-11(19-14-5-3-4-6-16(14)24-2)17(23)20-18-10-12-7-8-13(21)9-15(12)22/h3-11,19,21-22H,1-2H3,(H,20,23). The number of aromatic hydroxyl groups is 2. The van der Waals surface area contributed by atoms with Gasteiger partial charge in [-0.3, -0.25) is 4.79 Å². The van der Waals surface area contributed by atoms with E-state index in [0.717, 1.165) is 0 Å². The summed E-state index contributed by atoms with van der Waals surface area (Å²) in [5, 5.41) is 25.7. The van der Waals surface area contributed by atoms with Gasteiger partial charge in [-0.2, -0.15) is 5.10 Å². The number of carbonyl (C=O) groups excluding carboxylic acids is 1. The van der Waals surface area contributed by atoms with Gasteiger partial charge in [0.25, 0.3) is 5.91 Å². The maximum Gasteiger partial charge on any atom is 0.262 e. The minimum absolute atomic E-state index is 0.0525. The number of phenols is 2. The number of anilines is 1. The Kier molecular flexibility index (Phi) is 5.62. The van der Waals surface area contributed by atoms with Crippen molar-refractivity contribution in [2.24, 2.45) is 5.10 Å². The van der Waals surface area contributed by atoms with Crippen molar-refractivity contribution in [1.82, 2.24) is 5.43 Å². The van der Waals surface area contributed by atoms with E-state index < -0.39 is 6.04 Å². The van der Waals surface area contributed by atoms with Gasteiger partial charge in [0.05, 0.1) is 19.0 Å². The van der Waals surface area contributed by atoms with Crippen LogP contribution in [0.1, 0.15) is 12.5 Å². The minimum atomic E-state index is -0.549. The third kappa shape index (κ3) is 4.39. The Balaban J connectivity index is 1.95. The third-order valence-corrected chi connectivity index (χ3v) is 3.26. The molecule has 0 aliphatic rings. The van der Waals surface area contributed by atoms with Gasteiger partial charge in [0.1, 0.15) is 23.3 Å². The van der Waals surface area contributed by atoms with Crippen molar-refractivity contribution in [3.8, 4) is 17.2 Å². The molecular weight excluding hydrogens is 310 g/mol. The largest absolute Gasteiger partial charge is 0.508 e. The molecule has 2 aromatic carbocycles. The topological polar surface area (TPSA) is 103 Å². The number of hydrazone groups is 1. The fourth-order valence-electron chi connectivity index (χ4n) is 1.97. The molecule has 7 nitrogen and oxygen atoms in total. The Bertz CT molecular complexity index is 746. The van der Waals surface area contributed by atoms with Crippen LogP contribution in [0.3, 0.4) is 0 Å². The Hall–Kier alpha value is -3.22. The van der Waals surface area contributed by atoms with Gasteiger partial charge in [-0.25, -0.2) is 5.43 Å². The first-order valence-corrected chi connectivity index (χ1v) is 7.25. The molecule has 1 atom stereocenters. The van der Waals surface area contributed by atoms with Gasteiger partial charge >= 0.3 is 0 Å². The lowest BCUT2D eigenvalue weighted by atomic mass is 10.2. The molecule has 1 amide bonds. The van der Waals surface area contributed by atoms with E-state index in [1.165, 1.54) is 24.4 Å². The average molecular weight is 329 g/mol. The molecule has 2 aromatic rings. The quantitative estimate of drug-likeness (QED) is 0.480. The van der Waals surface area contributed by atoms with Gasteiger partial charge in [0, 0.05) is 11.6 Å². The highest BCUT2D eigenvalue weighted by Gasteiger charge is 2.13. The van der Waals surface area contributed by atoms with E-state index in [9.17, 15) is 15.0 Å². The molecule has 0 spiro atoms. The van der Waals surface area contributed by atoms with Crippen LogP contribution in [-0.4, -0.2) is 35.5 Å². The van der Waals surface area contributed by atoms with Gasteiger partial charge < -0.3 is 20.3 Å². The molecule has 0 aliphatic heterocycles. The van der Waals surface area contributed by atoms with E-state index in [1.54, 1.807) is 26.2 Å². The molecular formula is C17H19N3O4. The number of nitrogens with zero attached hydrogens (tertiary/aromatic N) is 1. The van der Waals surface area contributed by atoms with Crippen LogP contribution in [-0.2, 0) is 4.79 Å². The van der Waals surface area contributed by atoms with Gasteiger partial charge in [0.15, 0.2) is 0 Å². The number of nitrogens with one attached hydrogen (secondary N) is 2. The summed E-state index contributed by atoms with van der Waals surface area (Å²) in [6, 6.07) is 10.8. The Morgan fingerprint density at radius 1 is 1.25 bits per heavy atom. The fourth-order valence-corrected chi connectivity index (χ4v) is 1.97. The summed E-state index contributed by atoms with van der Waals surface area (Å²) in [6.45, 7) is 1.69. The second-order valence-corrected chi connectivity index (χ2v) is 5.04. The lowest BCUT2D eigenvalue weighted by Gasteiger charge is -2.15. The Morgan fingerprint density at radius 2 is 2.00 bits per heavy atom. The predicted molar refractivity (Wildman–Crippen MR) is 91.6 cm³/mol. The number of methoxy groups -OCH3 is 1. The number of phenolic OH excluding ortho intramolecular Hbond substituents is 2. The maximum atomic E-state index is 12.0. The molecule has 0 saturated heterocycles. The van der Waals surface area contributed by atoms with Crippen LogP contribution in [0.25, 0.3) is 0 Å². The second kappa shape index (κ2) is 7.87. The number of hydrogen-bond donors (Lipinski definition) is 4. The maximum absolute atomic E-state index is 12.0. The molecule has 0 saturated carbocycles. The van der Waals surface area contributed by atoms with Gasteiger partial charge in [0.2, 0.25) is 0 Å². The summed E-state index contributed by atoms with van der Waals surface area (Å²) in [5.74, 6) is 0.0987. The summed E-state index contributed by atoms with van der Waals surface area (Å²) >= 11 is 0. The van der Waals surface area contributed by atoms with Crippen LogP contribution in [0.5, 0.6) is 17.2 Å². The molecule has 0 bridgehead atoms. The van der Waals surface area contributed by atoms with E-state index in [0.29, 0.717) is 17.0 Å². The lowest BCUT2D eigenvalue weighted by molar-refractivity contribution is -0.121. The molecule has 0 fully saturated rings. The number of amides is 1. The van der Waals surface area contributed by atoms with Crippen molar-refractivity contribution < 1.29 is 19.7 Å². The van der Waals surface area contributed by atoms with Crippen LogP contribution >= 0.6 is 0 Å². The van der Waals surface area contributed by atoms with Crippen molar-refractivity contribution in [1.29, 1.82) is 0 Å². The highest BCUT2D eigenvalue weighted by atomic mass is 16.5. The third-order valence-electron chi connectivity index (χ3n) is 3.26. The smallest absolute Gasteiger partial charge is 0.262 e. The van der Waals surface area contributed by atoms with Crippen LogP contribution < -0.4 is 15.5 Å². The fraction of sp³-hybridized carbons (Fsp3) is 0.176. The molecule has 0 aromatic heterocycles. The van der Waals surface area contributed by atoms with E-state index in [4.69, 9.17) is 4.74 Å². The molecule has 0 radical (unpaired) electrons. The molecule has 1 unspecified atom stereocenters. The zero-order chi connectivity index (χ0) is 17.5. The summed E-state index contributed by atoms with van der Waals surface area (Å²) < 4.78 is 5.22. The van der Waals surface area contributed by atoms with Gasteiger partial charge in [-0.1, -0.05) is 12.1 Å². The number of para-hydroxylation sites is 2. The molecule has 0 aliphatic carbocycles. The highest BCUT2D eigenvalue weighted by molar-refractivity contribution is 5.88. The number of hydrogen-bond acceptors (Lipinski definition) is 6. The normalized spacial score (nSPS) is 11.9. The summed E-state index contributed by atoms with van der Waals surface area (Å²) in [5.41, 5.74) is 3.45. The SMILES string of the molecule is COc1ccccc1NC(C)C(=O)NN=Cc1ccc(O)cc1O. The summed E-state index contributed by atoms with van der Waals surface area (Å²) in [4.78, 5) is 12.0. The molecule has 126 valence electrons. The first-order chi connectivity index (χ1) is 11.5. The van der Waals surface area contributed by atoms with Gasteiger partial charge in [-0.05, 0) is 31.2 Å². The van der Waals surface area contributed by atoms with Crippen LogP contribution in [0.15, 0.2) is 47.6 Å².